The number of hydrogen-bond acceptors (Lipinski definition) is 6. The van der Waals surface area contributed by atoms with Gasteiger partial charge >= 0.3 is 0 Å². The molecule has 0 unspecified atom stereocenters. The van der Waals surface area contributed by atoms with Gasteiger partial charge in [-0.2, -0.15) is 0 Å². The quantitative estimate of drug-likeness (QED) is 0.759. The Kier molecular flexibility index (Phi) is 6.29. The third kappa shape index (κ3) is 4.92. The van der Waals surface area contributed by atoms with E-state index in [2.05, 4.69) is 20.3 Å². The molecular weight excluding hydrogens is 398 g/mol. The molecule has 0 radical (unpaired) electrons. The SMILES string of the molecule is Cc1nonc1CNC(=O)CC1CCN(C(=O)c2cccc(N3CCCC3=O)c2)CC1. The van der Waals surface area contributed by atoms with E-state index in [0.29, 0.717) is 56.0 Å². The van der Waals surface area contributed by atoms with Crippen LogP contribution in [-0.2, 0) is 16.1 Å². The molecule has 2 aromatic rings. The summed E-state index contributed by atoms with van der Waals surface area (Å²) in [7, 11) is 0. The maximum Gasteiger partial charge on any atom is 0.253 e. The number of nitrogens with one attached hydrogen (secondary N) is 1. The number of likely N-dealkylation sites (tertiary alicyclic amines) is 1. The topological polar surface area (TPSA) is 109 Å². The molecular formula is C22H27N5O4. The van der Waals surface area contributed by atoms with E-state index in [-0.39, 0.29) is 23.6 Å². The lowest BCUT2D eigenvalue weighted by Crippen LogP contribution is -2.39. The van der Waals surface area contributed by atoms with Gasteiger partial charge in [-0.05, 0) is 50.3 Å². The van der Waals surface area contributed by atoms with Crippen molar-refractivity contribution in [3.8, 4) is 0 Å². The number of rotatable bonds is 6. The third-order valence-electron chi connectivity index (χ3n) is 6.05. The van der Waals surface area contributed by atoms with Crippen molar-refractivity contribution < 1.29 is 19.0 Å². The Morgan fingerprint density at radius 3 is 2.68 bits per heavy atom. The van der Waals surface area contributed by atoms with Gasteiger partial charge in [0.25, 0.3) is 5.91 Å². The van der Waals surface area contributed by atoms with Gasteiger partial charge in [-0.15, -0.1) is 0 Å². The van der Waals surface area contributed by atoms with E-state index in [0.717, 1.165) is 24.9 Å². The van der Waals surface area contributed by atoms with Gasteiger partial charge in [0.2, 0.25) is 11.8 Å². The van der Waals surface area contributed by atoms with Crippen molar-refractivity contribution in [1.29, 1.82) is 0 Å². The molecule has 9 nitrogen and oxygen atoms in total. The highest BCUT2D eigenvalue weighted by Gasteiger charge is 2.27. The largest absolute Gasteiger partial charge is 0.350 e. The van der Waals surface area contributed by atoms with Gasteiger partial charge in [-0.1, -0.05) is 16.4 Å². The van der Waals surface area contributed by atoms with Crippen LogP contribution >= 0.6 is 0 Å². The maximum atomic E-state index is 13.0. The lowest BCUT2D eigenvalue weighted by Gasteiger charge is -2.32. The molecule has 3 amide bonds. The molecule has 2 fully saturated rings. The Morgan fingerprint density at radius 2 is 2.00 bits per heavy atom. The zero-order valence-electron chi connectivity index (χ0n) is 17.7. The lowest BCUT2D eigenvalue weighted by molar-refractivity contribution is -0.122. The molecule has 0 saturated carbocycles. The van der Waals surface area contributed by atoms with Gasteiger partial charge in [0, 0.05) is 43.7 Å². The summed E-state index contributed by atoms with van der Waals surface area (Å²) in [4.78, 5) is 40.8. The molecule has 0 atom stereocenters. The number of nitrogens with zero attached hydrogens (tertiary/aromatic N) is 4. The number of aromatic nitrogens is 2. The smallest absolute Gasteiger partial charge is 0.253 e. The minimum Gasteiger partial charge on any atom is -0.350 e. The summed E-state index contributed by atoms with van der Waals surface area (Å²) in [6, 6.07) is 7.32. The number of benzene rings is 1. The fraction of sp³-hybridized carbons (Fsp3) is 0.500. The van der Waals surface area contributed by atoms with Crippen LogP contribution in [0, 0.1) is 12.8 Å². The first-order valence-electron chi connectivity index (χ1n) is 10.8. The van der Waals surface area contributed by atoms with Crippen LogP contribution in [-0.4, -0.2) is 52.6 Å². The van der Waals surface area contributed by atoms with E-state index >= 15 is 0 Å². The van der Waals surface area contributed by atoms with Crippen molar-refractivity contribution >= 4 is 23.4 Å². The highest BCUT2D eigenvalue weighted by molar-refractivity contribution is 5.99. The number of piperidine rings is 1. The Morgan fingerprint density at radius 1 is 1.19 bits per heavy atom. The summed E-state index contributed by atoms with van der Waals surface area (Å²) >= 11 is 0. The van der Waals surface area contributed by atoms with Crippen LogP contribution in [0.2, 0.25) is 0 Å². The van der Waals surface area contributed by atoms with Gasteiger partial charge < -0.3 is 15.1 Å². The number of aryl methyl sites for hydroxylation is 1. The first-order chi connectivity index (χ1) is 15.0. The van der Waals surface area contributed by atoms with E-state index in [1.54, 1.807) is 17.9 Å². The second-order valence-electron chi connectivity index (χ2n) is 8.21. The molecule has 1 aromatic heterocycles. The van der Waals surface area contributed by atoms with Crippen molar-refractivity contribution in [3.05, 3.63) is 41.2 Å². The maximum absolute atomic E-state index is 13.0. The van der Waals surface area contributed by atoms with E-state index < -0.39 is 0 Å². The lowest BCUT2D eigenvalue weighted by atomic mass is 9.93. The van der Waals surface area contributed by atoms with E-state index in [9.17, 15) is 14.4 Å². The predicted molar refractivity (Wildman–Crippen MR) is 112 cm³/mol. The molecule has 2 saturated heterocycles. The van der Waals surface area contributed by atoms with Crippen LogP contribution in [0.4, 0.5) is 5.69 Å². The van der Waals surface area contributed by atoms with Crippen molar-refractivity contribution in [2.24, 2.45) is 5.92 Å². The molecule has 164 valence electrons. The first kappa shape index (κ1) is 21.0. The van der Waals surface area contributed by atoms with Gasteiger partial charge in [-0.25, -0.2) is 4.63 Å². The predicted octanol–water partition coefficient (Wildman–Crippen LogP) is 2.06. The summed E-state index contributed by atoms with van der Waals surface area (Å²) in [6.07, 6.45) is 3.42. The number of carbonyl (C=O) groups is 3. The minimum absolute atomic E-state index is 0.0228. The summed E-state index contributed by atoms with van der Waals surface area (Å²) in [5.74, 6) is 0.299. The van der Waals surface area contributed by atoms with Crippen LogP contribution in [0.1, 0.15) is 53.8 Å². The van der Waals surface area contributed by atoms with Crippen LogP contribution < -0.4 is 10.2 Å². The summed E-state index contributed by atoms with van der Waals surface area (Å²) in [5, 5.41) is 10.3. The summed E-state index contributed by atoms with van der Waals surface area (Å²) in [5.41, 5.74) is 2.69. The fourth-order valence-electron chi connectivity index (χ4n) is 4.18. The Balaban J connectivity index is 1.26. The molecule has 3 heterocycles. The Bertz CT molecular complexity index is 964. The second-order valence-corrected chi connectivity index (χ2v) is 8.21. The van der Waals surface area contributed by atoms with E-state index in [4.69, 9.17) is 0 Å². The molecule has 2 aliphatic heterocycles. The number of anilines is 1. The molecule has 0 bridgehead atoms. The zero-order valence-corrected chi connectivity index (χ0v) is 17.7. The second kappa shape index (κ2) is 9.28. The summed E-state index contributed by atoms with van der Waals surface area (Å²) in [6.45, 7) is 4.04. The van der Waals surface area contributed by atoms with Crippen molar-refractivity contribution in [2.75, 3.05) is 24.5 Å². The van der Waals surface area contributed by atoms with Crippen molar-refractivity contribution in [1.82, 2.24) is 20.5 Å². The molecule has 0 spiro atoms. The van der Waals surface area contributed by atoms with Crippen LogP contribution in [0.3, 0.4) is 0 Å². The van der Waals surface area contributed by atoms with E-state index in [1.807, 2.05) is 23.1 Å². The molecule has 9 heteroatoms. The van der Waals surface area contributed by atoms with Crippen LogP contribution in [0.25, 0.3) is 0 Å². The van der Waals surface area contributed by atoms with Crippen molar-refractivity contribution in [2.45, 2.75) is 45.6 Å². The van der Waals surface area contributed by atoms with Crippen molar-refractivity contribution in [3.63, 3.8) is 0 Å². The molecule has 4 rings (SSSR count). The number of amides is 3. The molecule has 2 aliphatic rings. The standard InChI is InChI=1S/C22H27N5O4/c1-15-19(25-31-24-15)14-23-20(28)12-16-7-10-26(11-8-16)22(30)17-4-2-5-18(13-17)27-9-3-6-21(27)29/h2,4-5,13,16H,3,6-12,14H2,1H3,(H,23,28). The number of hydrogen-bond donors (Lipinski definition) is 1. The zero-order chi connectivity index (χ0) is 21.8. The molecule has 1 aromatic carbocycles. The third-order valence-corrected chi connectivity index (χ3v) is 6.05. The van der Waals surface area contributed by atoms with Gasteiger partial charge in [0.15, 0.2) is 0 Å². The molecule has 31 heavy (non-hydrogen) atoms. The average molecular weight is 425 g/mol. The number of carbonyl (C=O) groups excluding carboxylic acids is 3. The van der Waals surface area contributed by atoms with E-state index in [1.165, 1.54) is 0 Å². The highest BCUT2D eigenvalue weighted by Crippen LogP contribution is 2.25. The molecule has 0 aliphatic carbocycles. The first-order valence-corrected chi connectivity index (χ1v) is 10.8. The Labute approximate surface area is 180 Å². The monoisotopic (exact) mass is 425 g/mol. The minimum atomic E-state index is -0.0323. The van der Waals surface area contributed by atoms with Gasteiger partial charge in [0.05, 0.1) is 6.54 Å². The Hall–Kier alpha value is -3.23. The van der Waals surface area contributed by atoms with Gasteiger partial charge in [-0.3, -0.25) is 14.4 Å². The average Bonchev–Trinajstić information content (AvgIpc) is 3.40. The fourth-order valence-corrected chi connectivity index (χ4v) is 4.18. The highest BCUT2D eigenvalue weighted by atomic mass is 16.6. The van der Waals surface area contributed by atoms with Gasteiger partial charge in [0.1, 0.15) is 11.4 Å². The van der Waals surface area contributed by atoms with Crippen LogP contribution in [0.5, 0.6) is 0 Å². The summed E-state index contributed by atoms with van der Waals surface area (Å²) < 4.78 is 4.63. The molecule has 1 N–H and O–H groups in total. The normalized spacial score (nSPS) is 17.3. The van der Waals surface area contributed by atoms with Crippen LogP contribution in [0.15, 0.2) is 28.9 Å².